The van der Waals surface area contributed by atoms with Gasteiger partial charge < -0.3 is 5.73 Å². The topological polar surface area (TPSA) is 43.8 Å². The van der Waals surface area contributed by atoms with Gasteiger partial charge in [0.1, 0.15) is 5.82 Å². The molecule has 1 aromatic heterocycles. The lowest BCUT2D eigenvalue weighted by atomic mass is 10.2. The van der Waals surface area contributed by atoms with Gasteiger partial charge in [-0.3, -0.25) is 4.68 Å². The van der Waals surface area contributed by atoms with Crippen molar-refractivity contribution < 1.29 is 4.39 Å². The molecule has 108 valence electrons. The highest BCUT2D eigenvalue weighted by atomic mass is 32.2. The summed E-state index contributed by atoms with van der Waals surface area (Å²) >= 11 is 1.44. The highest BCUT2D eigenvalue weighted by Crippen LogP contribution is 2.26. The molecule has 0 aliphatic rings. The van der Waals surface area contributed by atoms with Crippen molar-refractivity contribution in [3.05, 3.63) is 42.0 Å². The quantitative estimate of drug-likeness (QED) is 0.639. The van der Waals surface area contributed by atoms with Crippen molar-refractivity contribution in [3.63, 3.8) is 0 Å². The monoisotopic (exact) mass is 293 g/mol. The predicted molar refractivity (Wildman–Crippen MR) is 82.2 cm³/mol. The highest BCUT2D eigenvalue weighted by molar-refractivity contribution is 7.98. The molecule has 0 unspecified atom stereocenters. The fourth-order valence-corrected chi connectivity index (χ4v) is 2.92. The first-order chi connectivity index (χ1) is 9.63. The van der Waals surface area contributed by atoms with Crippen LogP contribution < -0.4 is 5.73 Å². The molecule has 1 heterocycles. The Kier molecular flexibility index (Phi) is 5.06. The maximum Gasteiger partial charge on any atom is 0.138 e. The van der Waals surface area contributed by atoms with E-state index in [1.54, 1.807) is 12.1 Å². The summed E-state index contributed by atoms with van der Waals surface area (Å²) < 4.78 is 15.7. The molecule has 0 aliphatic carbocycles. The second-order valence-corrected chi connectivity index (χ2v) is 5.75. The fraction of sp³-hybridized carbons (Fsp3) is 0.400. The third-order valence-electron chi connectivity index (χ3n) is 3.31. The molecule has 0 atom stereocenters. The first-order valence-corrected chi connectivity index (χ1v) is 7.84. The predicted octanol–water partition coefficient (Wildman–Crippen LogP) is 4.26. The van der Waals surface area contributed by atoms with E-state index in [4.69, 9.17) is 5.73 Å². The molecule has 5 heteroatoms. The number of rotatable bonds is 6. The smallest absolute Gasteiger partial charge is 0.138 e. The minimum atomic E-state index is -0.269. The van der Waals surface area contributed by atoms with Gasteiger partial charge in [-0.25, -0.2) is 4.39 Å². The molecule has 0 saturated heterocycles. The van der Waals surface area contributed by atoms with Gasteiger partial charge in [-0.2, -0.15) is 5.10 Å². The molecule has 0 aliphatic heterocycles. The Morgan fingerprint density at radius 3 is 2.70 bits per heavy atom. The van der Waals surface area contributed by atoms with Crippen LogP contribution in [0.4, 0.5) is 10.1 Å². The lowest BCUT2D eigenvalue weighted by Crippen LogP contribution is -2.07. The summed E-state index contributed by atoms with van der Waals surface area (Å²) in [7, 11) is 0. The van der Waals surface area contributed by atoms with Crippen molar-refractivity contribution in [2.24, 2.45) is 0 Å². The zero-order chi connectivity index (χ0) is 14.5. The lowest BCUT2D eigenvalue weighted by Gasteiger charge is -2.12. The van der Waals surface area contributed by atoms with E-state index in [2.05, 4.69) is 18.9 Å². The van der Waals surface area contributed by atoms with E-state index in [-0.39, 0.29) is 5.82 Å². The van der Waals surface area contributed by atoms with Crippen molar-refractivity contribution in [2.75, 3.05) is 5.73 Å². The zero-order valence-corrected chi connectivity index (χ0v) is 12.7. The molecule has 2 rings (SSSR count). The van der Waals surface area contributed by atoms with Crippen molar-refractivity contribution in [1.82, 2.24) is 9.78 Å². The molecule has 0 saturated carbocycles. The van der Waals surface area contributed by atoms with E-state index < -0.39 is 0 Å². The number of nitrogens with two attached hydrogens (primary N) is 1. The minimum absolute atomic E-state index is 0.269. The highest BCUT2D eigenvalue weighted by Gasteiger charge is 2.09. The molecule has 3 nitrogen and oxygen atoms in total. The van der Waals surface area contributed by atoms with Crippen LogP contribution in [-0.4, -0.2) is 9.78 Å². The number of hydrogen-bond donors (Lipinski definition) is 1. The van der Waals surface area contributed by atoms with Gasteiger partial charge in [-0.15, -0.1) is 11.8 Å². The van der Waals surface area contributed by atoms with Gasteiger partial charge in [0.05, 0.1) is 11.7 Å². The van der Waals surface area contributed by atoms with Crippen molar-refractivity contribution >= 4 is 17.4 Å². The maximum atomic E-state index is 13.7. The van der Waals surface area contributed by atoms with Crippen LogP contribution in [0.3, 0.4) is 0 Å². The van der Waals surface area contributed by atoms with Crippen LogP contribution in [0.25, 0.3) is 0 Å². The summed E-state index contributed by atoms with van der Waals surface area (Å²) in [5, 5.41) is 4.56. The van der Waals surface area contributed by atoms with E-state index in [1.165, 1.54) is 17.8 Å². The average Bonchev–Trinajstić information content (AvgIpc) is 2.88. The molecule has 2 aromatic rings. The molecule has 0 spiro atoms. The Bertz CT molecular complexity index is 564. The second kappa shape index (κ2) is 6.79. The number of nitrogen functional groups attached to an aromatic ring is 1. The number of anilines is 1. The Balaban J connectivity index is 2.00. The van der Waals surface area contributed by atoms with Crippen LogP contribution in [0, 0.1) is 5.82 Å². The molecule has 0 fully saturated rings. The van der Waals surface area contributed by atoms with Gasteiger partial charge >= 0.3 is 0 Å². The largest absolute Gasteiger partial charge is 0.399 e. The van der Waals surface area contributed by atoms with Crippen LogP contribution in [0.15, 0.2) is 35.4 Å². The number of nitrogens with zero attached hydrogens (tertiary/aromatic N) is 2. The van der Waals surface area contributed by atoms with Crippen molar-refractivity contribution in [3.8, 4) is 0 Å². The molecule has 1 aromatic carbocycles. The van der Waals surface area contributed by atoms with E-state index in [0.717, 1.165) is 18.5 Å². The molecule has 0 amide bonds. The van der Waals surface area contributed by atoms with E-state index >= 15 is 0 Å². The van der Waals surface area contributed by atoms with Gasteiger partial charge in [0.15, 0.2) is 0 Å². The Labute approximate surface area is 123 Å². The van der Waals surface area contributed by atoms with Gasteiger partial charge in [-0.1, -0.05) is 13.8 Å². The number of hydrogen-bond acceptors (Lipinski definition) is 3. The lowest BCUT2D eigenvalue weighted by molar-refractivity contribution is 0.426. The Hall–Kier alpha value is -1.49. The van der Waals surface area contributed by atoms with Crippen LogP contribution in [0.2, 0.25) is 0 Å². The summed E-state index contributed by atoms with van der Waals surface area (Å²) in [6, 6.07) is 7.23. The number of benzene rings is 1. The Morgan fingerprint density at radius 2 is 2.05 bits per heavy atom. The molecule has 2 N–H and O–H groups in total. The Morgan fingerprint density at radius 1 is 1.30 bits per heavy atom. The van der Waals surface area contributed by atoms with E-state index in [0.29, 0.717) is 22.4 Å². The molecule has 20 heavy (non-hydrogen) atoms. The van der Waals surface area contributed by atoms with Crippen LogP contribution >= 0.6 is 11.8 Å². The summed E-state index contributed by atoms with van der Waals surface area (Å²) in [5.74, 6) is 0.392. The number of halogens is 1. The number of aromatic nitrogens is 2. The molecular weight excluding hydrogens is 273 g/mol. The summed E-state index contributed by atoms with van der Waals surface area (Å²) in [4.78, 5) is 0.608. The molecular formula is C15H20FN3S. The van der Waals surface area contributed by atoms with Gasteiger partial charge in [0.2, 0.25) is 0 Å². The average molecular weight is 293 g/mol. The van der Waals surface area contributed by atoms with Crippen molar-refractivity contribution in [1.29, 1.82) is 0 Å². The zero-order valence-electron chi connectivity index (χ0n) is 11.8. The number of thioether (sulfide) groups is 1. The van der Waals surface area contributed by atoms with Gasteiger partial charge in [0.25, 0.3) is 0 Å². The SMILES string of the molecule is CCC(CC)n1ccc(CSc2ccc(N)cc2F)n1. The summed E-state index contributed by atoms with van der Waals surface area (Å²) in [6.45, 7) is 4.32. The van der Waals surface area contributed by atoms with E-state index in [9.17, 15) is 4.39 Å². The van der Waals surface area contributed by atoms with E-state index in [1.807, 2.05) is 16.9 Å². The first-order valence-electron chi connectivity index (χ1n) is 6.85. The fourth-order valence-electron chi connectivity index (χ4n) is 2.11. The second-order valence-electron chi connectivity index (χ2n) is 4.74. The van der Waals surface area contributed by atoms with Crippen LogP contribution in [0.5, 0.6) is 0 Å². The normalized spacial score (nSPS) is 11.2. The first kappa shape index (κ1) is 14.9. The molecule has 0 bridgehead atoms. The standard InChI is InChI=1S/C15H20FN3S/c1-3-13(4-2)19-8-7-12(18-19)10-20-15-6-5-11(17)9-14(15)16/h5-9,13H,3-4,10,17H2,1-2H3. The summed E-state index contributed by atoms with van der Waals surface area (Å²) in [6.07, 6.45) is 4.14. The van der Waals surface area contributed by atoms with Gasteiger partial charge in [-0.05, 0) is 37.1 Å². The van der Waals surface area contributed by atoms with Crippen molar-refractivity contribution in [2.45, 2.75) is 43.4 Å². The summed E-state index contributed by atoms with van der Waals surface area (Å²) in [5.41, 5.74) is 6.96. The molecule has 0 radical (unpaired) electrons. The third-order valence-corrected chi connectivity index (χ3v) is 4.39. The minimum Gasteiger partial charge on any atom is -0.399 e. The van der Waals surface area contributed by atoms with Gasteiger partial charge in [0, 0.05) is 22.5 Å². The maximum absolute atomic E-state index is 13.7. The van der Waals surface area contributed by atoms with Crippen LogP contribution in [0.1, 0.15) is 38.4 Å². The van der Waals surface area contributed by atoms with Crippen LogP contribution in [-0.2, 0) is 5.75 Å². The third kappa shape index (κ3) is 3.54.